The van der Waals surface area contributed by atoms with E-state index in [1.165, 1.54) is 6.07 Å². The normalized spacial score (nSPS) is 24.0. The number of amides is 1. The van der Waals surface area contributed by atoms with E-state index in [2.05, 4.69) is 5.32 Å². The highest BCUT2D eigenvalue weighted by molar-refractivity contribution is 5.85. The van der Waals surface area contributed by atoms with Crippen LogP contribution in [0, 0.1) is 0 Å². The van der Waals surface area contributed by atoms with Gasteiger partial charge in [0, 0.05) is 19.0 Å². The second-order valence-corrected chi connectivity index (χ2v) is 5.11. The Labute approximate surface area is 125 Å². The Morgan fingerprint density at radius 3 is 2.67 bits per heavy atom. The average Bonchev–Trinajstić information content (AvgIpc) is 2.84. The van der Waals surface area contributed by atoms with Crippen molar-refractivity contribution >= 4 is 18.5 Å². The highest BCUT2D eigenvalue weighted by Gasteiger charge is 2.44. The molecule has 2 N–H and O–H groups in total. The SMILES string of the molecule is Cl.O=C(O)N1Cc2c(cccc2C(F)(F)F)C2CNCC21. The lowest BCUT2D eigenvalue weighted by molar-refractivity contribution is -0.138. The molecule has 2 heterocycles. The summed E-state index contributed by atoms with van der Waals surface area (Å²) in [5.41, 5.74) is -0.0220. The monoisotopic (exact) mass is 322 g/mol. The van der Waals surface area contributed by atoms with Crippen molar-refractivity contribution in [2.45, 2.75) is 24.7 Å². The van der Waals surface area contributed by atoms with Gasteiger partial charge in [0.2, 0.25) is 0 Å². The average molecular weight is 323 g/mol. The van der Waals surface area contributed by atoms with Gasteiger partial charge in [-0.3, -0.25) is 4.90 Å². The van der Waals surface area contributed by atoms with Crippen LogP contribution in [0.3, 0.4) is 0 Å². The Hall–Kier alpha value is -1.47. The van der Waals surface area contributed by atoms with Crippen LogP contribution in [0.15, 0.2) is 18.2 Å². The van der Waals surface area contributed by atoms with E-state index >= 15 is 0 Å². The summed E-state index contributed by atoms with van der Waals surface area (Å²) in [5.74, 6) is -0.211. The van der Waals surface area contributed by atoms with Crippen LogP contribution < -0.4 is 5.32 Å². The van der Waals surface area contributed by atoms with Crippen molar-refractivity contribution in [3.05, 3.63) is 34.9 Å². The first-order valence-corrected chi connectivity index (χ1v) is 6.29. The molecule has 0 spiro atoms. The Kier molecular flexibility index (Phi) is 4.08. The molecule has 2 unspecified atom stereocenters. The fourth-order valence-electron chi connectivity index (χ4n) is 3.20. The summed E-state index contributed by atoms with van der Waals surface area (Å²) in [6.07, 6.45) is -5.64. The van der Waals surface area contributed by atoms with Gasteiger partial charge in [-0.15, -0.1) is 12.4 Å². The third-order valence-corrected chi connectivity index (χ3v) is 4.07. The Bertz CT molecular complexity index is 565. The maximum Gasteiger partial charge on any atom is 0.416 e. The van der Waals surface area contributed by atoms with Crippen molar-refractivity contribution in [3.63, 3.8) is 0 Å². The molecular weight excluding hydrogens is 309 g/mol. The number of alkyl halides is 3. The number of carbonyl (C=O) groups is 1. The summed E-state index contributed by atoms with van der Waals surface area (Å²) >= 11 is 0. The first-order valence-electron chi connectivity index (χ1n) is 6.29. The number of halogens is 4. The highest BCUT2D eigenvalue weighted by atomic mass is 35.5. The molecule has 0 bridgehead atoms. The van der Waals surface area contributed by atoms with Crippen LogP contribution in [-0.2, 0) is 12.7 Å². The molecule has 21 heavy (non-hydrogen) atoms. The van der Waals surface area contributed by atoms with Crippen molar-refractivity contribution < 1.29 is 23.1 Å². The molecule has 116 valence electrons. The van der Waals surface area contributed by atoms with Gasteiger partial charge < -0.3 is 10.4 Å². The van der Waals surface area contributed by atoms with Gasteiger partial charge in [0.25, 0.3) is 0 Å². The van der Waals surface area contributed by atoms with E-state index in [-0.39, 0.29) is 36.5 Å². The van der Waals surface area contributed by atoms with Crippen molar-refractivity contribution in [2.75, 3.05) is 13.1 Å². The Morgan fingerprint density at radius 1 is 1.33 bits per heavy atom. The lowest BCUT2D eigenvalue weighted by atomic mass is 9.83. The summed E-state index contributed by atoms with van der Waals surface area (Å²) in [5, 5.41) is 12.3. The van der Waals surface area contributed by atoms with Gasteiger partial charge in [-0.05, 0) is 17.2 Å². The minimum absolute atomic E-state index is 0. The predicted octanol–water partition coefficient (Wildman–Crippen LogP) is 2.68. The zero-order valence-corrected chi connectivity index (χ0v) is 11.7. The second kappa shape index (κ2) is 5.38. The lowest BCUT2D eigenvalue weighted by Crippen LogP contribution is -2.46. The first kappa shape index (κ1) is 15.9. The van der Waals surface area contributed by atoms with Gasteiger partial charge in [0.1, 0.15) is 0 Å². The molecule has 1 fully saturated rings. The van der Waals surface area contributed by atoms with Crippen LogP contribution in [0.4, 0.5) is 18.0 Å². The number of fused-ring (bicyclic) bond motifs is 3. The maximum atomic E-state index is 13.1. The van der Waals surface area contributed by atoms with E-state index < -0.39 is 17.8 Å². The number of carboxylic acid groups (broad SMARTS) is 1. The summed E-state index contributed by atoms with van der Waals surface area (Å²) in [6, 6.07) is 3.80. The molecular formula is C13H14ClF3N2O2. The molecule has 2 atom stereocenters. The van der Waals surface area contributed by atoms with E-state index in [4.69, 9.17) is 0 Å². The molecule has 0 aromatic heterocycles. The molecule has 0 aliphatic carbocycles. The minimum atomic E-state index is -4.46. The number of nitrogens with zero attached hydrogens (tertiary/aromatic N) is 1. The van der Waals surface area contributed by atoms with E-state index in [1.54, 1.807) is 6.07 Å². The van der Waals surface area contributed by atoms with Crippen LogP contribution in [0.5, 0.6) is 0 Å². The molecule has 0 radical (unpaired) electrons. The van der Waals surface area contributed by atoms with Gasteiger partial charge in [-0.1, -0.05) is 12.1 Å². The number of rotatable bonds is 0. The van der Waals surface area contributed by atoms with E-state index in [1.807, 2.05) is 0 Å². The number of hydrogen-bond acceptors (Lipinski definition) is 2. The third-order valence-electron chi connectivity index (χ3n) is 4.07. The number of nitrogens with one attached hydrogen (secondary N) is 1. The molecule has 1 amide bonds. The zero-order valence-electron chi connectivity index (χ0n) is 10.9. The Morgan fingerprint density at radius 2 is 2.05 bits per heavy atom. The van der Waals surface area contributed by atoms with Crippen molar-refractivity contribution in [1.82, 2.24) is 10.2 Å². The fraction of sp³-hybridized carbons (Fsp3) is 0.462. The number of benzene rings is 1. The maximum absolute atomic E-state index is 13.1. The zero-order chi connectivity index (χ0) is 14.5. The van der Waals surface area contributed by atoms with E-state index in [9.17, 15) is 23.1 Å². The van der Waals surface area contributed by atoms with Crippen LogP contribution in [0.1, 0.15) is 22.6 Å². The molecule has 8 heteroatoms. The molecule has 3 rings (SSSR count). The van der Waals surface area contributed by atoms with E-state index in [0.29, 0.717) is 18.7 Å². The van der Waals surface area contributed by atoms with Gasteiger partial charge in [-0.2, -0.15) is 13.2 Å². The van der Waals surface area contributed by atoms with Crippen molar-refractivity contribution in [2.24, 2.45) is 0 Å². The van der Waals surface area contributed by atoms with Gasteiger partial charge >= 0.3 is 12.3 Å². The highest BCUT2D eigenvalue weighted by Crippen LogP contribution is 2.41. The van der Waals surface area contributed by atoms with Crippen molar-refractivity contribution in [3.8, 4) is 0 Å². The molecule has 0 saturated carbocycles. The van der Waals surface area contributed by atoms with Crippen LogP contribution >= 0.6 is 12.4 Å². The lowest BCUT2D eigenvalue weighted by Gasteiger charge is -2.37. The summed E-state index contributed by atoms with van der Waals surface area (Å²) in [4.78, 5) is 12.4. The molecule has 4 nitrogen and oxygen atoms in total. The van der Waals surface area contributed by atoms with Crippen LogP contribution in [-0.4, -0.2) is 35.2 Å². The summed E-state index contributed by atoms with van der Waals surface area (Å²) in [6.45, 7) is 0.776. The molecule has 2 aliphatic heterocycles. The number of hydrogen-bond donors (Lipinski definition) is 2. The molecule has 1 aromatic carbocycles. The first-order chi connectivity index (χ1) is 9.39. The minimum Gasteiger partial charge on any atom is -0.465 e. The van der Waals surface area contributed by atoms with Crippen LogP contribution in [0.2, 0.25) is 0 Å². The standard InChI is InChI=1S/C13H13F3N2O2.ClH/c14-13(15,16)10-3-1-2-7-8-4-17-5-11(8)18(12(19)20)6-9(7)10;/h1-3,8,11,17H,4-6H2,(H,19,20);1H. The second-order valence-electron chi connectivity index (χ2n) is 5.11. The quantitative estimate of drug-likeness (QED) is 0.772. The fourth-order valence-corrected chi connectivity index (χ4v) is 3.20. The topological polar surface area (TPSA) is 52.6 Å². The molecule has 1 saturated heterocycles. The smallest absolute Gasteiger partial charge is 0.416 e. The Balaban J connectivity index is 0.00000161. The van der Waals surface area contributed by atoms with Crippen LogP contribution in [0.25, 0.3) is 0 Å². The summed E-state index contributed by atoms with van der Waals surface area (Å²) in [7, 11) is 0. The predicted molar refractivity (Wildman–Crippen MR) is 71.7 cm³/mol. The summed E-state index contributed by atoms with van der Waals surface area (Å²) < 4.78 is 39.2. The molecule has 2 aliphatic rings. The molecule has 1 aromatic rings. The van der Waals surface area contributed by atoms with Gasteiger partial charge in [0.15, 0.2) is 0 Å². The largest absolute Gasteiger partial charge is 0.465 e. The van der Waals surface area contributed by atoms with Crippen molar-refractivity contribution in [1.29, 1.82) is 0 Å². The van der Waals surface area contributed by atoms with Gasteiger partial charge in [-0.25, -0.2) is 4.79 Å². The van der Waals surface area contributed by atoms with E-state index in [0.717, 1.165) is 11.0 Å². The van der Waals surface area contributed by atoms with Gasteiger partial charge in [0.05, 0.1) is 18.2 Å². The third kappa shape index (κ3) is 2.55.